The van der Waals surface area contributed by atoms with Gasteiger partial charge >= 0.3 is 0 Å². The van der Waals surface area contributed by atoms with Gasteiger partial charge in [0.2, 0.25) is 0 Å². The Balaban J connectivity index is 2.07. The third kappa shape index (κ3) is 3.27. The first-order valence-corrected chi connectivity index (χ1v) is 7.51. The largest absolute Gasteiger partial charge is 0.281 e. The van der Waals surface area contributed by atoms with Crippen molar-refractivity contribution in [1.29, 1.82) is 0 Å². The lowest BCUT2D eigenvalue weighted by Crippen LogP contribution is -2.18. The van der Waals surface area contributed by atoms with Crippen LogP contribution < -0.4 is 5.43 Å². The molecule has 0 aliphatic heterocycles. The van der Waals surface area contributed by atoms with Crippen molar-refractivity contribution < 1.29 is 4.79 Å². The Bertz CT molecular complexity index is 515. The highest BCUT2D eigenvalue weighted by Gasteiger charge is 2.07. The van der Waals surface area contributed by atoms with Crippen molar-refractivity contribution >= 4 is 34.3 Å². The van der Waals surface area contributed by atoms with Gasteiger partial charge in [-0.25, -0.2) is 5.43 Å². The zero-order valence-electron chi connectivity index (χ0n) is 10.1. The van der Waals surface area contributed by atoms with E-state index >= 15 is 0 Å². The van der Waals surface area contributed by atoms with Crippen LogP contribution in [0.2, 0.25) is 0 Å². The highest BCUT2D eigenvalue weighted by molar-refractivity contribution is 7.12. The molecule has 94 valence electrons. The third-order valence-electron chi connectivity index (χ3n) is 2.33. The fourth-order valence-electron chi connectivity index (χ4n) is 1.49. The van der Waals surface area contributed by atoms with Crippen molar-refractivity contribution in [2.45, 2.75) is 19.8 Å². The first kappa shape index (κ1) is 13.0. The Kier molecular flexibility index (Phi) is 4.66. The molecule has 0 bridgehead atoms. The minimum Gasteiger partial charge on any atom is -0.266 e. The van der Waals surface area contributed by atoms with E-state index in [0.717, 1.165) is 23.4 Å². The van der Waals surface area contributed by atoms with E-state index in [1.165, 1.54) is 11.3 Å². The Morgan fingerprint density at radius 1 is 1.22 bits per heavy atom. The molecule has 2 aromatic rings. The predicted molar refractivity (Wildman–Crippen MR) is 77.5 cm³/mol. The lowest BCUT2D eigenvalue weighted by molar-refractivity contribution is 0.0959. The number of rotatable bonds is 5. The summed E-state index contributed by atoms with van der Waals surface area (Å²) in [7, 11) is 0. The first-order chi connectivity index (χ1) is 8.81. The van der Waals surface area contributed by atoms with Crippen LogP contribution in [-0.4, -0.2) is 11.6 Å². The van der Waals surface area contributed by atoms with Crippen LogP contribution in [0.5, 0.6) is 0 Å². The van der Waals surface area contributed by atoms with Crippen LogP contribution in [0, 0.1) is 0 Å². The lowest BCUT2D eigenvalue weighted by atomic mass is 10.2. The summed E-state index contributed by atoms with van der Waals surface area (Å²) in [5, 5.41) is 8.14. The summed E-state index contributed by atoms with van der Waals surface area (Å²) in [4.78, 5) is 13.6. The number of nitrogens with zero attached hydrogens (tertiary/aromatic N) is 1. The molecule has 3 nitrogen and oxygen atoms in total. The number of hydrazone groups is 1. The van der Waals surface area contributed by atoms with Crippen LogP contribution >= 0.6 is 22.7 Å². The SMILES string of the molecule is CCC/C(=N/NC(=O)c1cccs1)c1cccs1. The fourth-order valence-corrected chi connectivity index (χ4v) is 2.85. The van der Waals surface area contributed by atoms with Gasteiger partial charge in [-0.1, -0.05) is 25.5 Å². The maximum absolute atomic E-state index is 11.8. The van der Waals surface area contributed by atoms with Gasteiger partial charge in [-0.05, 0) is 29.3 Å². The van der Waals surface area contributed by atoms with E-state index < -0.39 is 0 Å². The number of nitrogens with one attached hydrogen (secondary N) is 1. The third-order valence-corrected chi connectivity index (χ3v) is 4.12. The smallest absolute Gasteiger partial charge is 0.266 e. The molecule has 2 heterocycles. The standard InChI is InChI=1S/C13H14N2OS2/c1-2-5-10(11-6-3-8-17-11)14-15-13(16)12-7-4-9-18-12/h3-4,6-9H,2,5H2,1H3,(H,15,16)/b14-10-. The van der Waals surface area contributed by atoms with Gasteiger partial charge < -0.3 is 0 Å². The number of carbonyl (C=O) groups excluding carboxylic acids is 1. The molecule has 0 spiro atoms. The van der Waals surface area contributed by atoms with Gasteiger partial charge in [-0.2, -0.15) is 5.10 Å². The molecule has 1 N–H and O–H groups in total. The van der Waals surface area contributed by atoms with E-state index in [1.54, 1.807) is 17.4 Å². The summed E-state index contributed by atoms with van der Waals surface area (Å²) in [6.45, 7) is 2.10. The monoisotopic (exact) mass is 278 g/mol. The van der Waals surface area contributed by atoms with Crippen LogP contribution in [-0.2, 0) is 0 Å². The number of hydrogen-bond donors (Lipinski definition) is 1. The Labute approximate surface area is 114 Å². The van der Waals surface area contributed by atoms with Crippen LogP contribution in [0.4, 0.5) is 0 Å². The number of thiophene rings is 2. The molecule has 0 aliphatic rings. The van der Waals surface area contributed by atoms with Gasteiger partial charge in [0.1, 0.15) is 0 Å². The second-order valence-corrected chi connectivity index (χ2v) is 5.60. The topological polar surface area (TPSA) is 41.5 Å². The van der Waals surface area contributed by atoms with Crippen molar-refractivity contribution in [3.05, 3.63) is 44.8 Å². The highest BCUT2D eigenvalue weighted by Crippen LogP contribution is 2.13. The van der Waals surface area contributed by atoms with Crippen molar-refractivity contribution in [2.24, 2.45) is 5.10 Å². The van der Waals surface area contributed by atoms with Crippen LogP contribution in [0.25, 0.3) is 0 Å². The average Bonchev–Trinajstić information content (AvgIpc) is 3.04. The van der Waals surface area contributed by atoms with E-state index in [0.29, 0.717) is 4.88 Å². The zero-order valence-corrected chi connectivity index (χ0v) is 11.7. The molecule has 18 heavy (non-hydrogen) atoms. The molecule has 0 saturated carbocycles. The average molecular weight is 278 g/mol. The Hall–Kier alpha value is -1.46. The number of amides is 1. The molecule has 2 rings (SSSR count). The molecule has 0 saturated heterocycles. The summed E-state index contributed by atoms with van der Waals surface area (Å²) in [5.41, 5.74) is 3.57. The first-order valence-electron chi connectivity index (χ1n) is 5.75. The Morgan fingerprint density at radius 3 is 2.44 bits per heavy atom. The molecule has 0 unspecified atom stereocenters. The summed E-state index contributed by atoms with van der Waals surface area (Å²) in [5.74, 6) is -0.143. The van der Waals surface area contributed by atoms with Crippen LogP contribution in [0.15, 0.2) is 40.1 Å². The predicted octanol–water partition coefficient (Wildman–Crippen LogP) is 3.74. The number of carbonyl (C=O) groups is 1. The summed E-state index contributed by atoms with van der Waals surface area (Å²) in [6.07, 6.45) is 1.87. The second-order valence-electron chi connectivity index (χ2n) is 3.70. The van der Waals surface area contributed by atoms with Crippen molar-refractivity contribution in [3.8, 4) is 0 Å². The molecular weight excluding hydrogens is 264 g/mol. The quantitative estimate of drug-likeness (QED) is 0.657. The van der Waals surface area contributed by atoms with Crippen molar-refractivity contribution in [3.63, 3.8) is 0 Å². The maximum atomic E-state index is 11.8. The Morgan fingerprint density at radius 2 is 1.89 bits per heavy atom. The van der Waals surface area contributed by atoms with Gasteiger partial charge in [0, 0.05) is 0 Å². The van der Waals surface area contributed by atoms with Gasteiger partial charge in [0.15, 0.2) is 0 Å². The van der Waals surface area contributed by atoms with Crippen molar-refractivity contribution in [2.75, 3.05) is 0 Å². The molecule has 0 fully saturated rings. The van der Waals surface area contributed by atoms with E-state index in [2.05, 4.69) is 17.5 Å². The molecule has 5 heteroatoms. The fraction of sp³-hybridized carbons (Fsp3) is 0.231. The molecule has 0 aliphatic carbocycles. The van der Waals surface area contributed by atoms with Gasteiger partial charge in [-0.3, -0.25) is 4.79 Å². The molecule has 2 aromatic heterocycles. The number of hydrogen-bond acceptors (Lipinski definition) is 4. The molecular formula is C13H14N2OS2. The lowest BCUT2D eigenvalue weighted by Gasteiger charge is -2.03. The van der Waals surface area contributed by atoms with E-state index in [-0.39, 0.29) is 5.91 Å². The molecule has 0 aromatic carbocycles. The zero-order chi connectivity index (χ0) is 12.8. The van der Waals surface area contributed by atoms with Crippen LogP contribution in [0.3, 0.4) is 0 Å². The van der Waals surface area contributed by atoms with E-state index in [1.807, 2.05) is 29.0 Å². The minimum absolute atomic E-state index is 0.143. The summed E-state index contributed by atoms with van der Waals surface area (Å²) in [6, 6.07) is 7.67. The van der Waals surface area contributed by atoms with Crippen molar-refractivity contribution in [1.82, 2.24) is 5.43 Å². The summed E-state index contributed by atoms with van der Waals surface area (Å²) < 4.78 is 0. The molecule has 1 amide bonds. The van der Waals surface area contributed by atoms with Gasteiger partial charge in [0.05, 0.1) is 15.5 Å². The van der Waals surface area contributed by atoms with E-state index in [9.17, 15) is 4.79 Å². The maximum Gasteiger partial charge on any atom is 0.281 e. The van der Waals surface area contributed by atoms with Gasteiger partial charge in [0.25, 0.3) is 5.91 Å². The van der Waals surface area contributed by atoms with Crippen LogP contribution in [0.1, 0.15) is 34.3 Å². The minimum atomic E-state index is -0.143. The normalized spacial score (nSPS) is 11.5. The summed E-state index contributed by atoms with van der Waals surface area (Å²) >= 11 is 3.06. The molecule has 0 radical (unpaired) electrons. The highest BCUT2D eigenvalue weighted by atomic mass is 32.1. The van der Waals surface area contributed by atoms with E-state index in [4.69, 9.17) is 0 Å². The van der Waals surface area contributed by atoms with Gasteiger partial charge in [-0.15, -0.1) is 22.7 Å². The second kappa shape index (κ2) is 6.47. The molecule has 0 atom stereocenters.